The van der Waals surface area contributed by atoms with Crippen molar-refractivity contribution in [1.82, 2.24) is 15.1 Å². The van der Waals surface area contributed by atoms with Gasteiger partial charge in [0.25, 0.3) is 11.8 Å². The molecule has 0 aliphatic carbocycles. The van der Waals surface area contributed by atoms with E-state index in [4.69, 9.17) is 33.7 Å². The number of anilines is 1. The van der Waals surface area contributed by atoms with E-state index in [1.165, 1.54) is 23.0 Å². The largest absolute Gasteiger partial charge is 0.497 e. The summed E-state index contributed by atoms with van der Waals surface area (Å²) in [6.45, 7) is 1.000. The van der Waals surface area contributed by atoms with Gasteiger partial charge in [-0.05, 0) is 42.8 Å². The average molecular weight is 494 g/mol. The van der Waals surface area contributed by atoms with Crippen molar-refractivity contribution in [3.05, 3.63) is 58.1 Å². The summed E-state index contributed by atoms with van der Waals surface area (Å²) in [5.74, 6) is -0.384. The van der Waals surface area contributed by atoms with Crippen molar-refractivity contribution in [2.45, 2.75) is 12.6 Å². The van der Waals surface area contributed by atoms with E-state index in [0.29, 0.717) is 35.0 Å². The standard InChI is InChI=1S/C22H25Cl2N5O4/c1-33-16-5-2-4-14(12-16)21(31)28-10-3-11-29(20(28)19(30)26-9-8-25)22(32)27-15-6-7-17(23)18(24)13-15/h2,4-7,12-13,20H,3,8-11,25H2,1H3,(H,26,30)(H,27,32). The van der Waals surface area contributed by atoms with Crippen molar-refractivity contribution in [2.24, 2.45) is 5.73 Å². The van der Waals surface area contributed by atoms with E-state index in [9.17, 15) is 14.4 Å². The molecule has 0 saturated carbocycles. The number of urea groups is 1. The molecule has 1 aliphatic rings. The second kappa shape index (κ2) is 11.2. The SMILES string of the molecule is COc1cccc(C(=O)N2CCCN(C(=O)Nc3ccc(Cl)c(Cl)c3)C2C(=O)NCCN)c1. The fourth-order valence-electron chi connectivity index (χ4n) is 3.51. The first-order valence-electron chi connectivity index (χ1n) is 10.3. The summed E-state index contributed by atoms with van der Waals surface area (Å²) in [5.41, 5.74) is 6.28. The summed E-state index contributed by atoms with van der Waals surface area (Å²) >= 11 is 12.0. The minimum absolute atomic E-state index is 0.207. The Bertz CT molecular complexity index is 1040. The monoisotopic (exact) mass is 493 g/mol. The van der Waals surface area contributed by atoms with Crippen LogP contribution in [0.3, 0.4) is 0 Å². The highest BCUT2D eigenvalue weighted by Gasteiger charge is 2.40. The highest BCUT2D eigenvalue weighted by Crippen LogP contribution is 2.26. The molecule has 1 unspecified atom stereocenters. The molecule has 0 spiro atoms. The summed E-state index contributed by atoms with van der Waals surface area (Å²) in [4.78, 5) is 42.2. The predicted molar refractivity (Wildman–Crippen MR) is 127 cm³/mol. The Morgan fingerprint density at radius 3 is 2.55 bits per heavy atom. The zero-order valence-electron chi connectivity index (χ0n) is 18.0. The van der Waals surface area contributed by atoms with Crippen LogP contribution in [0.5, 0.6) is 5.75 Å². The Hall–Kier alpha value is -3.01. The second-order valence-electron chi connectivity index (χ2n) is 7.29. The summed E-state index contributed by atoms with van der Waals surface area (Å²) in [7, 11) is 1.50. The Kier molecular flexibility index (Phi) is 8.37. The first kappa shape index (κ1) is 24.6. The van der Waals surface area contributed by atoms with E-state index in [1.54, 1.807) is 36.4 Å². The number of nitrogens with two attached hydrogens (primary N) is 1. The molecule has 176 valence electrons. The number of hydrogen-bond acceptors (Lipinski definition) is 5. The Balaban J connectivity index is 1.89. The maximum absolute atomic E-state index is 13.3. The molecular weight excluding hydrogens is 469 g/mol. The van der Waals surface area contributed by atoms with Crippen molar-refractivity contribution in [3.63, 3.8) is 0 Å². The van der Waals surface area contributed by atoms with Crippen molar-refractivity contribution in [3.8, 4) is 5.75 Å². The number of carbonyl (C=O) groups is 3. The molecule has 4 amide bonds. The second-order valence-corrected chi connectivity index (χ2v) is 8.10. The fraction of sp³-hybridized carbons (Fsp3) is 0.318. The summed E-state index contributed by atoms with van der Waals surface area (Å²) < 4.78 is 5.20. The van der Waals surface area contributed by atoms with E-state index in [-0.39, 0.29) is 24.7 Å². The van der Waals surface area contributed by atoms with Crippen LogP contribution in [0.4, 0.5) is 10.5 Å². The van der Waals surface area contributed by atoms with Crippen LogP contribution in [-0.4, -0.2) is 67.1 Å². The van der Waals surface area contributed by atoms with E-state index in [1.807, 2.05) is 0 Å². The number of ether oxygens (including phenoxy) is 1. The lowest BCUT2D eigenvalue weighted by Gasteiger charge is -2.42. The Labute approximate surface area is 201 Å². The van der Waals surface area contributed by atoms with Gasteiger partial charge >= 0.3 is 6.03 Å². The number of rotatable bonds is 6. The first-order valence-corrected chi connectivity index (χ1v) is 11.1. The quantitative estimate of drug-likeness (QED) is 0.571. The van der Waals surface area contributed by atoms with Crippen LogP contribution < -0.4 is 21.1 Å². The molecule has 11 heteroatoms. The van der Waals surface area contributed by atoms with Gasteiger partial charge in [-0.15, -0.1) is 0 Å². The molecule has 4 N–H and O–H groups in total. The molecule has 3 rings (SSSR count). The molecule has 1 saturated heterocycles. The third kappa shape index (κ3) is 5.87. The maximum atomic E-state index is 13.3. The number of amides is 4. The van der Waals surface area contributed by atoms with E-state index < -0.39 is 24.0 Å². The van der Waals surface area contributed by atoms with Crippen molar-refractivity contribution < 1.29 is 19.1 Å². The lowest BCUT2D eigenvalue weighted by molar-refractivity contribution is -0.132. The Morgan fingerprint density at radius 2 is 1.85 bits per heavy atom. The molecule has 2 aromatic rings. The van der Waals surface area contributed by atoms with Crippen LogP contribution in [0.25, 0.3) is 0 Å². The molecule has 2 aromatic carbocycles. The number of hydrogen-bond donors (Lipinski definition) is 3. The molecule has 33 heavy (non-hydrogen) atoms. The topological polar surface area (TPSA) is 117 Å². The summed E-state index contributed by atoms with van der Waals surface area (Å²) in [6.07, 6.45) is -0.669. The summed E-state index contributed by atoms with van der Waals surface area (Å²) in [5, 5.41) is 6.03. The van der Waals surface area contributed by atoms with Crippen molar-refractivity contribution >= 4 is 46.7 Å². The fourth-order valence-corrected chi connectivity index (χ4v) is 3.81. The van der Waals surface area contributed by atoms with Gasteiger partial charge in [0, 0.05) is 37.4 Å². The highest BCUT2D eigenvalue weighted by molar-refractivity contribution is 6.42. The number of nitrogens with one attached hydrogen (secondary N) is 2. The predicted octanol–water partition coefficient (Wildman–Crippen LogP) is 2.78. The molecule has 0 radical (unpaired) electrons. The number of halogens is 2. The van der Waals surface area contributed by atoms with Gasteiger partial charge in [0.05, 0.1) is 17.2 Å². The van der Waals surface area contributed by atoms with Gasteiger partial charge in [-0.1, -0.05) is 29.3 Å². The minimum Gasteiger partial charge on any atom is -0.497 e. The van der Waals surface area contributed by atoms with Crippen LogP contribution in [0.2, 0.25) is 10.0 Å². The zero-order valence-corrected chi connectivity index (χ0v) is 19.5. The smallest absolute Gasteiger partial charge is 0.323 e. The van der Waals surface area contributed by atoms with Gasteiger partial charge in [-0.2, -0.15) is 0 Å². The molecule has 0 aromatic heterocycles. The van der Waals surface area contributed by atoms with Crippen LogP contribution in [-0.2, 0) is 4.79 Å². The summed E-state index contributed by atoms with van der Waals surface area (Å²) in [6, 6.07) is 10.7. The lowest BCUT2D eigenvalue weighted by atomic mass is 10.1. The number of carbonyl (C=O) groups excluding carboxylic acids is 3. The first-order chi connectivity index (χ1) is 15.8. The van der Waals surface area contributed by atoms with Crippen LogP contribution in [0.15, 0.2) is 42.5 Å². The van der Waals surface area contributed by atoms with Gasteiger partial charge in [0.2, 0.25) is 0 Å². The van der Waals surface area contributed by atoms with Gasteiger partial charge in [-0.25, -0.2) is 4.79 Å². The number of nitrogens with zero attached hydrogens (tertiary/aromatic N) is 2. The Morgan fingerprint density at radius 1 is 1.09 bits per heavy atom. The zero-order chi connectivity index (χ0) is 24.0. The van der Waals surface area contributed by atoms with Gasteiger partial charge < -0.3 is 26.0 Å². The van der Waals surface area contributed by atoms with Gasteiger partial charge in [0.15, 0.2) is 6.17 Å². The lowest BCUT2D eigenvalue weighted by Crippen LogP contribution is -2.64. The molecule has 1 fully saturated rings. The van der Waals surface area contributed by atoms with Crippen LogP contribution in [0, 0.1) is 0 Å². The number of methoxy groups -OCH3 is 1. The normalized spacial score (nSPS) is 15.7. The molecule has 1 heterocycles. The average Bonchev–Trinajstić information content (AvgIpc) is 2.83. The number of benzene rings is 2. The molecule has 0 bridgehead atoms. The van der Waals surface area contributed by atoms with Crippen molar-refractivity contribution in [2.75, 3.05) is 38.6 Å². The van der Waals surface area contributed by atoms with Crippen LogP contribution >= 0.6 is 23.2 Å². The van der Waals surface area contributed by atoms with Crippen LogP contribution in [0.1, 0.15) is 16.8 Å². The molecule has 1 aliphatic heterocycles. The third-order valence-corrected chi connectivity index (χ3v) is 5.81. The van der Waals surface area contributed by atoms with E-state index in [0.717, 1.165) is 0 Å². The van der Waals surface area contributed by atoms with Gasteiger partial charge in [0.1, 0.15) is 5.75 Å². The van der Waals surface area contributed by atoms with Crippen molar-refractivity contribution in [1.29, 1.82) is 0 Å². The minimum atomic E-state index is -1.16. The molecular formula is C22H25Cl2N5O4. The third-order valence-electron chi connectivity index (χ3n) is 5.08. The van der Waals surface area contributed by atoms with E-state index >= 15 is 0 Å². The highest BCUT2D eigenvalue weighted by atomic mass is 35.5. The molecule has 1 atom stereocenters. The van der Waals surface area contributed by atoms with Gasteiger partial charge in [-0.3, -0.25) is 14.5 Å². The molecule has 9 nitrogen and oxygen atoms in total. The maximum Gasteiger partial charge on any atom is 0.323 e. The van der Waals surface area contributed by atoms with E-state index in [2.05, 4.69) is 10.6 Å².